The van der Waals surface area contributed by atoms with E-state index in [0.29, 0.717) is 5.02 Å². The number of hydrogen-bond acceptors (Lipinski definition) is 3. The smallest absolute Gasteiger partial charge is 0.146 e. The molecule has 0 amide bonds. The van der Waals surface area contributed by atoms with E-state index < -0.39 is 0 Å². The van der Waals surface area contributed by atoms with E-state index in [2.05, 4.69) is 15.5 Å². The van der Waals surface area contributed by atoms with Crippen LogP contribution in [0.4, 0.5) is 5.82 Å². The number of rotatable bonds is 2. The number of halogens is 1. The lowest BCUT2D eigenvalue weighted by molar-refractivity contribution is 0.665. The van der Waals surface area contributed by atoms with Crippen LogP contribution in [-0.4, -0.2) is 10.7 Å². The lowest BCUT2D eigenvalue weighted by atomic mass is 9.99. The maximum absolute atomic E-state index is 5.73. The second-order valence-electron chi connectivity index (χ2n) is 3.71. The molecule has 3 nitrogen and oxygen atoms in total. The molecule has 80 valence electrons. The van der Waals surface area contributed by atoms with Gasteiger partial charge in [0.15, 0.2) is 0 Å². The van der Waals surface area contributed by atoms with Crippen molar-refractivity contribution in [1.82, 2.24) is 4.98 Å². The highest BCUT2D eigenvalue weighted by Gasteiger charge is 2.06. The third-order valence-electron chi connectivity index (χ3n) is 2.49. The summed E-state index contributed by atoms with van der Waals surface area (Å²) in [5.41, 5.74) is 4.21. The maximum atomic E-state index is 5.73. The number of hydrazone groups is 1. The largest absolute Gasteiger partial charge is 0.261 e. The molecule has 1 heterocycles. The molecule has 1 aromatic heterocycles. The predicted octanol–water partition coefficient (Wildman–Crippen LogP) is 3.47. The lowest BCUT2D eigenvalue weighted by Gasteiger charge is -2.12. The van der Waals surface area contributed by atoms with Crippen molar-refractivity contribution in [3.63, 3.8) is 0 Å². The fourth-order valence-electron chi connectivity index (χ4n) is 1.65. The monoisotopic (exact) mass is 223 g/mol. The average Bonchev–Trinajstić information content (AvgIpc) is 2.30. The molecule has 1 fully saturated rings. The van der Waals surface area contributed by atoms with Gasteiger partial charge in [0.1, 0.15) is 5.82 Å². The molecule has 1 aliphatic carbocycles. The molecule has 4 heteroatoms. The summed E-state index contributed by atoms with van der Waals surface area (Å²) in [6.45, 7) is 0. The molecule has 0 radical (unpaired) electrons. The van der Waals surface area contributed by atoms with E-state index in [1.165, 1.54) is 25.0 Å². The number of anilines is 1. The van der Waals surface area contributed by atoms with Crippen molar-refractivity contribution in [3.05, 3.63) is 23.4 Å². The Bertz CT molecular complexity index is 337. The summed E-state index contributed by atoms with van der Waals surface area (Å²) >= 11 is 5.73. The number of nitrogens with one attached hydrogen (secondary N) is 1. The molecule has 0 aliphatic heterocycles. The zero-order valence-corrected chi connectivity index (χ0v) is 9.30. The lowest BCUT2D eigenvalue weighted by Crippen LogP contribution is -2.07. The molecule has 15 heavy (non-hydrogen) atoms. The van der Waals surface area contributed by atoms with Gasteiger partial charge in [-0.25, -0.2) is 4.98 Å². The van der Waals surface area contributed by atoms with Gasteiger partial charge in [-0.3, -0.25) is 5.43 Å². The van der Waals surface area contributed by atoms with Crippen LogP contribution in [-0.2, 0) is 0 Å². The van der Waals surface area contributed by atoms with Gasteiger partial charge in [0.2, 0.25) is 0 Å². The Kier molecular flexibility index (Phi) is 3.56. The minimum absolute atomic E-state index is 0.644. The summed E-state index contributed by atoms with van der Waals surface area (Å²) in [4.78, 5) is 4.11. The Morgan fingerprint density at radius 3 is 2.67 bits per heavy atom. The normalized spacial score (nSPS) is 16.2. The van der Waals surface area contributed by atoms with Crippen molar-refractivity contribution in [2.45, 2.75) is 32.1 Å². The molecule has 0 bridgehead atoms. The van der Waals surface area contributed by atoms with Crippen LogP contribution in [0.15, 0.2) is 23.4 Å². The first-order chi connectivity index (χ1) is 7.34. The van der Waals surface area contributed by atoms with Crippen LogP contribution in [0.3, 0.4) is 0 Å². The van der Waals surface area contributed by atoms with Gasteiger partial charge in [0.25, 0.3) is 0 Å². The first-order valence-electron chi connectivity index (χ1n) is 5.27. The van der Waals surface area contributed by atoms with E-state index in [4.69, 9.17) is 11.6 Å². The van der Waals surface area contributed by atoms with Crippen LogP contribution < -0.4 is 5.43 Å². The second kappa shape index (κ2) is 5.12. The van der Waals surface area contributed by atoms with Crippen molar-refractivity contribution >= 4 is 23.1 Å². The van der Waals surface area contributed by atoms with Gasteiger partial charge in [-0.05, 0) is 37.8 Å². The van der Waals surface area contributed by atoms with E-state index in [1.807, 2.05) is 6.07 Å². The van der Waals surface area contributed by atoms with Crippen LogP contribution in [0.25, 0.3) is 0 Å². The van der Waals surface area contributed by atoms with E-state index in [-0.39, 0.29) is 0 Å². The fraction of sp³-hybridized carbons (Fsp3) is 0.455. The van der Waals surface area contributed by atoms with E-state index in [1.54, 1.807) is 12.3 Å². The zero-order chi connectivity index (χ0) is 10.5. The summed E-state index contributed by atoms with van der Waals surface area (Å²) < 4.78 is 0. The van der Waals surface area contributed by atoms with E-state index in [0.717, 1.165) is 18.7 Å². The van der Waals surface area contributed by atoms with Gasteiger partial charge >= 0.3 is 0 Å². The number of nitrogens with zero attached hydrogens (tertiary/aromatic N) is 2. The summed E-state index contributed by atoms with van der Waals surface area (Å²) in [7, 11) is 0. The standard InChI is InChI=1S/C11H14ClN3/c12-9-6-7-11(13-8-9)15-14-10-4-2-1-3-5-10/h6-8H,1-5H2,(H,13,15). The molecule has 0 aromatic carbocycles. The SMILES string of the molecule is Clc1ccc(NN=C2CCCCC2)nc1. The summed E-state index contributed by atoms with van der Waals surface area (Å²) in [5, 5.41) is 4.99. The van der Waals surface area contributed by atoms with Crippen molar-refractivity contribution in [1.29, 1.82) is 0 Å². The van der Waals surface area contributed by atoms with Crippen molar-refractivity contribution < 1.29 is 0 Å². The number of hydrogen-bond donors (Lipinski definition) is 1. The average molecular weight is 224 g/mol. The first-order valence-corrected chi connectivity index (χ1v) is 5.65. The summed E-state index contributed by atoms with van der Waals surface area (Å²) in [6, 6.07) is 3.63. The van der Waals surface area contributed by atoms with Crippen molar-refractivity contribution in [3.8, 4) is 0 Å². The van der Waals surface area contributed by atoms with Gasteiger partial charge in [0.05, 0.1) is 5.02 Å². The summed E-state index contributed by atoms with van der Waals surface area (Å²) in [5.74, 6) is 0.748. The number of aromatic nitrogens is 1. The molecular weight excluding hydrogens is 210 g/mol. The van der Waals surface area contributed by atoms with Crippen LogP contribution in [0.5, 0.6) is 0 Å². The molecule has 1 aromatic rings. The minimum Gasteiger partial charge on any atom is -0.261 e. The summed E-state index contributed by atoms with van der Waals surface area (Å²) in [6.07, 6.45) is 7.69. The van der Waals surface area contributed by atoms with Gasteiger partial charge in [0, 0.05) is 11.9 Å². The Balaban J connectivity index is 1.94. The highest BCUT2D eigenvalue weighted by Crippen LogP contribution is 2.15. The van der Waals surface area contributed by atoms with Gasteiger partial charge in [-0.2, -0.15) is 5.10 Å². The Morgan fingerprint density at radius 1 is 1.20 bits per heavy atom. The molecule has 2 rings (SSSR count). The van der Waals surface area contributed by atoms with Gasteiger partial charge < -0.3 is 0 Å². The minimum atomic E-state index is 0.644. The predicted molar refractivity (Wildman–Crippen MR) is 63.4 cm³/mol. The highest BCUT2D eigenvalue weighted by molar-refractivity contribution is 6.30. The van der Waals surface area contributed by atoms with Crippen molar-refractivity contribution in [2.24, 2.45) is 5.10 Å². The van der Waals surface area contributed by atoms with Crippen molar-refractivity contribution in [2.75, 3.05) is 5.43 Å². The fourth-order valence-corrected chi connectivity index (χ4v) is 1.76. The third-order valence-corrected chi connectivity index (χ3v) is 2.71. The van der Waals surface area contributed by atoms with Crippen LogP contribution in [0, 0.1) is 0 Å². The number of pyridine rings is 1. The molecule has 0 atom stereocenters. The Hall–Kier alpha value is -1.09. The Labute approximate surface area is 94.6 Å². The Morgan fingerprint density at radius 2 is 2.00 bits per heavy atom. The van der Waals surface area contributed by atoms with Gasteiger partial charge in [-0.15, -0.1) is 0 Å². The molecule has 0 spiro atoms. The second-order valence-corrected chi connectivity index (χ2v) is 4.15. The molecule has 0 saturated heterocycles. The van der Waals surface area contributed by atoms with E-state index >= 15 is 0 Å². The molecule has 1 aliphatic rings. The molecule has 0 unspecified atom stereocenters. The van der Waals surface area contributed by atoms with Crippen LogP contribution in [0.1, 0.15) is 32.1 Å². The topological polar surface area (TPSA) is 37.3 Å². The zero-order valence-electron chi connectivity index (χ0n) is 8.54. The maximum Gasteiger partial charge on any atom is 0.146 e. The third kappa shape index (κ3) is 3.20. The van der Waals surface area contributed by atoms with E-state index in [9.17, 15) is 0 Å². The van der Waals surface area contributed by atoms with Gasteiger partial charge in [-0.1, -0.05) is 18.0 Å². The van der Waals surface area contributed by atoms with Crippen LogP contribution >= 0.6 is 11.6 Å². The molecule has 1 saturated carbocycles. The highest BCUT2D eigenvalue weighted by atomic mass is 35.5. The molecular formula is C11H14ClN3. The molecule has 1 N–H and O–H groups in total. The van der Waals surface area contributed by atoms with Crippen LogP contribution in [0.2, 0.25) is 5.02 Å². The quantitative estimate of drug-likeness (QED) is 0.780. The first kappa shape index (κ1) is 10.4.